The summed E-state index contributed by atoms with van der Waals surface area (Å²) in [6, 6.07) is 0. The molecule has 210 valence electrons. The summed E-state index contributed by atoms with van der Waals surface area (Å²) in [6.07, 6.45) is 14.5. The van der Waals surface area contributed by atoms with Gasteiger partial charge in [0.2, 0.25) is 0 Å². The number of cyclic esters (lactones) is 1. The first-order valence-corrected chi connectivity index (χ1v) is 13.7. The molecule has 37 heavy (non-hydrogen) atoms. The van der Waals surface area contributed by atoms with E-state index in [1.165, 1.54) is 6.08 Å². The fraction of sp³-hybridized carbons (Fsp3) is 0.645. The van der Waals surface area contributed by atoms with Crippen LogP contribution in [0.5, 0.6) is 0 Å². The number of aliphatic hydroxyl groups is 4. The number of hydrogen-bond acceptors (Lipinski definition) is 6. The second-order valence-corrected chi connectivity index (χ2v) is 10.9. The molecule has 0 aromatic rings. The van der Waals surface area contributed by atoms with Crippen LogP contribution < -0.4 is 0 Å². The molecule has 1 aliphatic rings. The maximum Gasteiger partial charge on any atom is 0.331 e. The van der Waals surface area contributed by atoms with Crippen LogP contribution in [0.1, 0.15) is 66.7 Å². The lowest BCUT2D eigenvalue weighted by Gasteiger charge is -2.31. The number of ether oxygens (including phenoxy) is 1. The zero-order chi connectivity index (χ0) is 28.0. The summed E-state index contributed by atoms with van der Waals surface area (Å²) in [7, 11) is 0. The summed E-state index contributed by atoms with van der Waals surface area (Å²) in [5.41, 5.74) is 0. The van der Waals surface area contributed by atoms with Gasteiger partial charge in [0.05, 0.1) is 24.4 Å². The molecule has 0 bridgehead atoms. The van der Waals surface area contributed by atoms with Gasteiger partial charge in [-0.1, -0.05) is 89.8 Å². The quantitative estimate of drug-likeness (QED) is 0.241. The van der Waals surface area contributed by atoms with E-state index >= 15 is 0 Å². The Bertz CT molecular complexity index is 785. The predicted molar refractivity (Wildman–Crippen MR) is 150 cm³/mol. The molecule has 0 saturated carbocycles. The van der Waals surface area contributed by atoms with Crippen molar-refractivity contribution in [2.24, 2.45) is 29.6 Å². The Balaban J connectivity index is 3.10. The van der Waals surface area contributed by atoms with Crippen LogP contribution in [0.2, 0.25) is 0 Å². The summed E-state index contributed by atoms with van der Waals surface area (Å²) in [4.78, 5) is 12.5. The third-order valence-corrected chi connectivity index (χ3v) is 7.34. The highest BCUT2D eigenvalue weighted by Gasteiger charge is 2.31. The van der Waals surface area contributed by atoms with Gasteiger partial charge in [-0.15, -0.1) is 0 Å². The summed E-state index contributed by atoms with van der Waals surface area (Å²) in [6.45, 7) is 13.6. The molecule has 0 aliphatic carbocycles. The summed E-state index contributed by atoms with van der Waals surface area (Å²) >= 11 is 0. The van der Waals surface area contributed by atoms with Crippen molar-refractivity contribution in [2.45, 2.75) is 97.2 Å². The highest BCUT2D eigenvalue weighted by Crippen LogP contribution is 2.28. The maximum atomic E-state index is 12.5. The van der Waals surface area contributed by atoms with Gasteiger partial charge in [-0.25, -0.2) is 4.79 Å². The monoisotopic (exact) mass is 518 g/mol. The molecule has 10 atom stereocenters. The van der Waals surface area contributed by atoms with Gasteiger partial charge in [0.25, 0.3) is 0 Å². The molecule has 0 aromatic carbocycles. The second-order valence-electron chi connectivity index (χ2n) is 10.9. The van der Waals surface area contributed by atoms with Crippen molar-refractivity contribution >= 4 is 5.97 Å². The molecule has 0 fully saturated rings. The van der Waals surface area contributed by atoms with Gasteiger partial charge in [-0.05, 0) is 37.5 Å². The topological polar surface area (TPSA) is 107 Å². The predicted octanol–water partition coefficient (Wildman–Crippen LogP) is 4.90. The number of allylic oxidation sites excluding steroid dienone is 4. The second kappa shape index (κ2) is 17.5. The van der Waals surface area contributed by atoms with Gasteiger partial charge in [0.1, 0.15) is 6.10 Å². The Morgan fingerprint density at radius 1 is 1.03 bits per heavy atom. The van der Waals surface area contributed by atoms with Crippen molar-refractivity contribution < 1.29 is 30.0 Å². The highest BCUT2D eigenvalue weighted by atomic mass is 16.5. The van der Waals surface area contributed by atoms with Gasteiger partial charge in [-0.2, -0.15) is 0 Å². The molecule has 0 spiro atoms. The van der Waals surface area contributed by atoms with Crippen molar-refractivity contribution in [3.63, 3.8) is 0 Å². The molecule has 0 aromatic heterocycles. The minimum Gasteiger partial charge on any atom is -0.458 e. The van der Waals surface area contributed by atoms with Crippen LogP contribution in [-0.4, -0.2) is 56.9 Å². The first-order chi connectivity index (χ1) is 17.5. The van der Waals surface area contributed by atoms with Crippen LogP contribution in [-0.2, 0) is 9.53 Å². The van der Waals surface area contributed by atoms with Gasteiger partial charge in [0.15, 0.2) is 0 Å². The number of aliphatic hydroxyl groups excluding tert-OH is 4. The van der Waals surface area contributed by atoms with Crippen molar-refractivity contribution in [2.75, 3.05) is 0 Å². The van der Waals surface area contributed by atoms with E-state index in [0.717, 1.165) is 12.8 Å². The minimum atomic E-state index is -0.812. The first-order valence-electron chi connectivity index (χ1n) is 13.7. The van der Waals surface area contributed by atoms with E-state index in [0.29, 0.717) is 12.8 Å². The van der Waals surface area contributed by atoms with Crippen LogP contribution in [0, 0.1) is 29.6 Å². The molecule has 1 heterocycles. The largest absolute Gasteiger partial charge is 0.458 e. The van der Waals surface area contributed by atoms with E-state index in [1.54, 1.807) is 30.4 Å². The minimum absolute atomic E-state index is 0.0412. The molecular formula is C31H50O6. The van der Waals surface area contributed by atoms with Gasteiger partial charge < -0.3 is 25.2 Å². The number of carbonyl (C=O) groups excluding carboxylic acids is 1. The molecule has 4 N–H and O–H groups in total. The Labute approximate surface area is 224 Å². The van der Waals surface area contributed by atoms with Gasteiger partial charge in [0, 0.05) is 30.3 Å². The van der Waals surface area contributed by atoms with Crippen LogP contribution in [0.25, 0.3) is 0 Å². The lowest BCUT2D eigenvalue weighted by molar-refractivity contribution is -0.150. The summed E-state index contributed by atoms with van der Waals surface area (Å²) < 4.78 is 5.78. The average Bonchev–Trinajstić information content (AvgIpc) is 2.85. The van der Waals surface area contributed by atoms with E-state index < -0.39 is 36.5 Å². The lowest BCUT2D eigenvalue weighted by Crippen LogP contribution is -2.37. The number of carbonyl (C=O) groups is 1. The fourth-order valence-corrected chi connectivity index (χ4v) is 4.90. The van der Waals surface area contributed by atoms with Crippen molar-refractivity contribution in [3.8, 4) is 0 Å². The third kappa shape index (κ3) is 12.9. The lowest BCUT2D eigenvalue weighted by atomic mass is 9.82. The van der Waals surface area contributed by atoms with Crippen molar-refractivity contribution in [3.05, 3.63) is 61.3 Å². The van der Waals surface area contributed by atoms with E-state index in [1.807, 2.05) is 45.9 Å². The van der Waals surface area contributed by atoms with Crippen molar-refractivity contribution in [1.82, 2.24) is 0 Å². The number of rotatable bonds is 3. The standard InChI is InChI=1S/C31H50O6/c1-7-8-12-23(4)31-25(6)28(34)18-15-21(2)19-24(5)30(36)22(3)16-17-27(33)20-26(32)13-10-9-11-14-29(35)37-31/h7-12,14,16-17,21-28,30-34,36H,1,13,15,18-20H2,2-6H3/b10-9+,12-8-,14-11-,17-16-/t21-,22-,23-,24-,25-,26+,27+,28?,30-,31-/m0/s1. The number of esters is 1. The van der Waals surface area contributed by atoms with Crippen molar-refractivity contribution in [1.29, 1.82) is 0 Å². The molecule has 0 radical (unpaired) electrons. The number of hydrogen-bond donors (Lipinski definition) is 4. The Morgan fingerprint density at radius 2 is 1.73 bits per heavy atom. The fourth-order valence-electron chi connectivity index (χ4n) is 4.90. The molecule has 0 amide bonds. The van der Waals surface area contributed by atoms with E-state index in [4.69, 9.17) is 4.74 Å². The van der Waals surface area contributed by atoms with E-state index in [-0.39, 0.29) is 36.0 Å². The van der Waals surface area contributed by atoms with Crippen LogP contribution in [0.15, 0.2) is 61.3 Å². The van der Waals surface area contributed by atoms with E-state index in [2.05, 4.69) is 13.5 Å². The average molecular weight is 519 g/mol. The van der Waals surface area contributed by atoms with Crippen LogP contribution >= 0.6 is 0 Å². The van der Waals surface area contributed by atoms with Gasteiger partial charge >= 0.3 is 5.97 Å². The molecule has 1 aliphatic heterocycles. The maximum absolute atomic E-state index is 12.5. The highest BCUT2D eigenvalue weighted by molar-refractivity contribution is 5.82. The molecular weight excluding hydrogens is 468 g/mol. The molecule has 6 nitrogen and oxygen atoms in total. The van der Waals surface area contributed by atoms with E-state index in [9.17, 15) is 25.2 Å². The third-order valence-electron chi connectivity index (χ3n) is 7.34. The first kappa shape index (κ1) is 33.0. The zero-order valence-corrected chi connectivity index (χ0v) is 23.3. The molecule has 6 heteroatoms. The Kier molecular flexibility index (Phi) is 15.6. The molecule has 1 rings (SSSR count). The van der Waals surface area contributed by atoms with Gasteiger partial charge in [-0.3, -0.25) is 0 Å². The Morgan fingerprint density at radius 3 is 2.41 bits per heavy atom. The molecule has 0 saturated heterocycles. The zero-order valence-electron chi connectivity index (χ0n) is 23.3. The normalized spacial score (nSPS) is 39.5. The molecule has 1 unspecified atom stereocenters. The Hall–Kier alpha value is -1.99. The van der Waals surface area contributed by atoms with Crippen LogP contribution in [0.4, 0.5) is 0 Å². The smallest absolute Gasteiger partial charge is 0.331 e. The SMILES string of the molecule is C=C/C=C\[C@H](C)[C@@H]1OC(=O)/C=C\C=C\C[C@@H](O)C[C@H](O)/C=C\[C@H](C)[C@H](O)[C@@H](C)C[C@@H](C)CCC(O)[C@@H]1C. The van der Waals surface area contributed by atoms with Crippen LogP contribution in [0.3, 0.4) is 0 Å². The summed E-state index contributed by atoms with van der Waals surface area (Å²) in [5.74, 6) is -0.708. The summed E-state index contributed by atoms with van der Waals surface area (Å²) in [5, 5.41) is 42.2.